The molecule has 0 spiro atoms. The minimum absolute atomic E-state index is 0.0346. The molecule has 0 aromatic carbocycles. The second-order valence-corrected chi connectivity index (χ2v) is 11.5. The molecule has 0 aromatic heterocycles. The lowest BCUT2D eigenvalue weighted by atomic mass is 9.60. The largest absolute Gasteiger partial charge is 0.390 e. The molecule has 4 N–H and O–H groups in total. The summed E-state index contributed by atoms with van der Waals surface area (Å²) in [6.45, 7) is 12.9. The van der Waals surface area contributed by atoms with Crippen LogP contribution in [0.2, 0.25) is 0 Å². The van der Waals surface area contributed by atoms with Gasteiger partial charge in [0.15, 0.2) is 0 Å². The molecule has 0 radical (unpaired) electrons. The highest BCUT2D eigenvalue weighted by molar-refractivity contribution is 5.39. The molecular weight excluding hydrogens is 370 g/mol. The highest BCUT2D eigenvalue weighted by Crippen LogP contribution is 2.60. The third-order valence-corrected chi connectivity index (χ3v) is 8.49. The average Bonchev–Trinajstić information content (AvgIpc) is 3.00. The van der Waals surface area contributed by atoms with Gasteiger partial charge in [0.1, 0.15) is 0 Å². The number of rotatable bonds is 6. The molecule has 0 saturated heterocycles. The van der Waals surface area contributed by atoms with Crippen LogP contribution in [0.1, 0.15) is 91.9 Å². The van der Waals surface area contributed by atoms with Crippen molar-refractivity contribution in [3.8, 4) is 0 Å². The van der Waals surface area contributed by atoms with E-state index in [1.807, 2.05) is 13.8 Å². The normalized spacial score (nSPS) is 38.8. The summed E-state index contributed by atoms with van der Waals surface area (Å²) in [5.41, 5.74) is 9.58. The van der Waals surface area contributed by atoms with Crippen LogP contribution in [-0.4, -0.2) is 28.0 Å². The van der Waals surface area contributed by atoms with Crippen molar-refractivity contribution < 1.29 is 10.2 Å². The summed E-state index contributed by atoms with van der Waals surface area (Å²) >= 11 is 0. The maximum absolute atomic E-state index is 10.2. The van der Waals surface area contributed by atoms with E-state index in [2.05, 4.69) is 32.6 Å². The van der Waals surface area contributed by atoms with Crippen molar-refractivity contribution in [1.29, 1.82) is 0 Å². The predicted octanol–water partition coefficient (Wildman–Crippen LogP) is 5.67. The van der Waals surface area contributed by atoms with Crippen molar-refractivity contribution in [1.82, 2.24) is 0 Å². The topological polar surface area (TPSA) is 66.5 Å². The number of aliphatic hydroxyl groups is 2. The van der Waals surface area contributed by atoms with E-state index >= 15 is 0 Å². The second-order valence-electron chi connectivity index (χ2n) is 11.5. The van der Waals surface area contributed by atoms with Crippen LogP contribution in [0.3, 0.4) is 0 Å². The fourth-order valence-electron chi connectivity index (χ4n) is 6.79. The third kappa shape index (κ3) is 5.29. The minimum atomic E-state index is -0.546. The number of fused-ring (bicyclic) bond motifs is 1. The van der Waals surface area contributed by atoms with E-state index in [0.717, 1.165) is 36.3 Å². The van der Waals surface area contributed by atoms with Crippen LogP contribution < -0.4 is 5.73 Å². The fraction of sp³-hybridized carbons (Fsp3) is 0.778. The van der Waals surface area contributed by atoms with Gasteiger partial charge in [-0.25, -0.2) is 0 Å². The number of hydrogen-bond donors (Lipinski definition) is 3. The molecule has 3 aliphatic rings. The van der Waals surface area contributed by atoms with Gasteiger partial charge in [-0.05, 0) is 99.5 Å². The molecule has 3 heteroatoms. The number of aliphatic hydroxyl groups excluding tert-OH is 1. The maximum atomic E-state index is 10.2. The molecule has 0 amide bonds. The minimum Gasteiger partial charge on any atom is -0.390 e. The molecule has 3 nitrogen and oxygen atoms in total. The first-order chi connectivity index (χ1) is 14.0. The first-order valence-electron chi connectivity index (χ1n) is 12.3. The van der Waals surface area contributed by atoms with Crippen molar-refractivity contribution in [3.63, 3.8) is 0 Å². The number of allylic oxidation sites excluding steroid dienone is 3. The number of hydrogen-bond acceptors (Lipinski definition) is 3. The molecule has 0 aliphatic heterocycles. The van der Waals surface area contributed by atoms with E-state index in [1.165, 1.54) is 38.5 Å². The zero-order valence-corrected chi connectivity index (χ0v) is 19.8. The van der Waals surface area contributed by atoms with Crippen molar-refractivity contribution >= 4 is 0 Å². The van der Waals surface area contributed by atoms with E-state index in [1.54, 1.807) is 5.57 Å². The van der Waals surface area contributed by atoms with E-state index in [-0.39, 0.29) is 6.04 Å². The van der Waals surface area contributed by atoms with Gasteiger partial charge in [0.05, 0.1) is 11.7 Å². The van der Waals surface area contributed by atoms with Crippen LogP contribution in [0.15, 0.2) is 35.5 Å². The Bertz CT molecular complexity index is 685. The second kappa shape index (κ2) is 9.30. The first kappa shape index (κ1) is 23.8. The Morgan fingerprint density at radius 2 is 2.03 bits per heavy atom. The molecule has 6 atom stereocenters. The monoisotopic (exact) mass is 415 g/mol. The molecule has 0 heterocycles. The van der Waals surface area contributed by atoms with Gasteiger partial charge in [0.2, 0.25) is 0 Å². The Morgan fingerprint density at radius 3 is 2.73 bits per heavy atom. The van der Waals surface area contributed by atoms with Gasteiger partial charge >= 0.3 is 0 Å². The van der Waals surface area contributed by atoms with Crippen LogP contribution >= 0.6 is 0 Å². The molecule has 170 valence electrons. The van der Waals surface area contributed by atoms with E-state index < -0.39 is 11.7 Å². The molecule has 3 saturated carbocycles. The summed E-state index contributed by atoms with van der Waals surface area (Å²) in [7, 11) is 0. The number of nitrogens with two attached hydrogens (primary N) is 1. The maximum Gasteiger partial charge on any atom is 0.0801 e. The van der Waals surface area contributed by atoms with E-state index in [9.17, 15) is 10.2 Å². The molecule has 3 rings (SSSR count). The van der Waals surface area contributed by atoms with Gasteiger partial charge in [-0.1, -0.05) is 51.0 Å². The Labute approximate surface area is 184 Å². The smallest absolute Gasteiger partial charge is 0.0801 e. The molecule has 0 unspecified atom stereocenters. The molecule has 0 aromatic rings. The van der Waals surface area contributed by atoms with Crippen LogP contribution in [-0.2, 0) is 0 Å². The van der Waals surface area contributed by atoms with Crippen LogP contribution in [0.5, 0.6) is 0 Å². The summed E-state index contributed by atoms with van der Waals surface area (Å²) in [5.74, 6) is 2.17. The summed E-state index contributed by atoms with van der Waals surface area (Å²) in [6, 6.07) is 0.0346. The zero-order valence-electron chi connectivity index (χ0n) is 19.8. The lowest BCUT2D eigenvalue weighted by Gasteiger charge is -2.44. The molecule has 30 heavy (non-hydrogen) atoms. The molecule has 3 aliphatic carbocycles. The Balaban J connectivity index is 1.70. The summed E-state index contributed by atoms with van der Waals surface area (Å²) < 4.78 is 0. The molecule has 3 fully saturated rings. The Morgan fingerprint density at radius 1 is 1.30 bits per heavy atom. The van der Waals surface area contributed by atoms with Gasteiger partial charge < -0.3 is 15.9 Å². The van der Waals surface area contributed by atoms with Gasteiger partial charge in [0, 0.05) is 6.04 Å². The van der Waals surface area contributed by atoms with Crippen molar-refractivity contribution in [2.45, 2.75) is 110 Å². The fourth-order valence-corrected chi connectivity index (χ4v) is 6.79. The predicted molar refractivity (Wildman–Crippen MR) is 126 cm³/mol. The average molecular weight is 416 g/mol. The highest BCUT2D eigenvalue weighted by Gasteiger charge is 2.50. The standard InChI is InChI=1S/C27H45NO2/c1-18(8-6-14-26(3,4)30)23-12-13-24-20(9-7-15-27(23,24)5)10-11-21-16-22(28)17-25(29)19(21)2/h10-11,18,22-25,29-30H,2,6-9,12-17,28H2,1,3-5H3/b20-10+,21-11-/t18-,22-,23-,24+,25+,27-/m1/s1. The van der Waals surface area contributed by atoms with Crippen LogP contribution in [0.4, 0.5) is 0 Å². The van der Waals surface area contributed by atoms with Gasteiger partial charge in [-0.3, -0.25) is 0 Å². The van der Waals surface area contributed by atoms with Gasteiger partial charge in [-0.15, -0.1) is 0 Å². The highest BCUT2D eigenvalue weighted by atomic mass is 16.3. The Hall–Kier alpha value is -0.900. The van der Waals surface area contributed by atoms with E-state index in [4.69, 9.17) is 5.73 Å². The zero-order chi connectivity index (χ0) is 22.1. The van der Waals surface area contributed by atoms with Crippen LogP contribution in [0, 0.1) is 23.2 Å². The van der Waals surface area contributed by atoms with Crippen molar-refractivity contribution in [2.24, 2.45) is 28.9 Å². The lowest BCUT2D eigenvalue weighted by molar-refractivity contribution is 0.0596. The summed E-state index contributed by atoms with van der Waals surface area (Å²) in [5, 5.41) is 20.3. The van der Waals surface area contributed by atoms with Crippen molar-refractivity contribution in [3.05, 3.63) is 35.5 Å². The van der Waals surface area contributed by atoms with Crippen molar-refractivity contribution in [2.75, 3.05) is 0 Å². The molecule has 0 bridgehead atoms. The summed E-state index contributed by atoms with van der Waals surface area (Å²) in [4.78, 5) is 0. The Kier molecular flexibility index (Phi) is 7.37. The SMILES string of the molecule is C=C1/C(=C\C=C2/CCC[C@]3(C)[C@@H]([C@H](C)CCCC(C)(C)O)CC[C@@H]23)C[C@@H](N)C[C@@H]1O. The quantitative estimate of drug-likeness (QED) is 0.523. The summed E-state index contributed by atoms with van der Waals surface area (Å²) in [6.07, 6.45) is 15.2. The van der Waals surface area contributed by atoms with Gasteiger partial charge in [0.25, 0.3) is 0 Å². The molecular formula is C27H45NO2. The lowest BCUT2D eigenvalue weighted by Crippen LogP contribution is -2.36. The van der Waals surface area contributed by atoms with Gasteiger partial charge in [-0.2, -0.15) is 0 Å². The van der Waals surface area contributed by atoms with E-state index in [0.29, 0.717) is 23.7 Å². The van der Waals surface area contributed by atoms with Crippen LogP contribution in [0.25, 0.3) is 0 Å². The first-order valence-corrected chi connectivity index (χ1v) is 12.3. The third-order valence-electron chi connectivity index (χ3n) is 8.49.